The molecule has 0 amide bonds. The van der Waals surface area contributed by atoms with Gasteiger partial charge >= 0.3 is 0 Å². The lowest BCUT2D eigenvalue weighted by atomic mass is 9.98. The number of nitro groups is 1. The summed E-state index contributed by atoms with van der Waals surface area (Å²) in [5.74, 6) is 0.448. The molecule has 2 aromatic rings. The van der Waals surface area contributed by atoms with E-state index in [0.717, 1.165) is 5.56 Å². The first-order valence-electron chi connectivity index (χ1n) is 6.51. The molecule has 104 valence electrons. The Morgan fingerprint density at radius 2 is 2.10 bits per heavy atom. The maximum Gasteiger partial charge on any atom is 0.295 e. The first-order chi connectivity index (χ1) is 9.49. The van der Waals surface area contributed by atoms with Crippen molar-refractivity contribution in [1.82, 2.24) is 4.98 Å². The van der Waals surface area contributed by atoms with Crippen LogP contribution >= 0.6 is 0 Å². The van der Waals surface area contributed by atoms with Gasteiger partial charge < -0.3 is 0 Å². The summed E-state index contributed by atoms with van der Waals surface area (Å²) in [6.45, 7) is 3.99. The van der Waals surface area contributed by atoms with Gasteiger partial charge in [-0.15, -0.1) is 0 Å². The van der Waals surface area contributed by atoms with Crippen LogP contribution < -0.4 is 0 Å². The Hall–Kier alpha value is -2.30. The number of carbonyl (C=O) groups is 1. The fourth-order valence-electron chi connectivity index (χ4n) is 2.26. The molecule has 0 fully saturated rings. The van der Waals surface area contributed by atoms with Gasteiger partial charge in [-0.3, -0.25) is 14.9 Å². The standard InChI is InChI=1S/C15H16N2O3/c1-10(2)8-12(18)9-11-5-6-14(17(19)20)15-13(11)4-3-7-16-15/h3-7,10H,8-9H2,1-2H3. The van der Waals surface area contributed by atoms with Crippen molar-refractivity contribution in [2.45, 2.75) is 26.7 Å². The molecule has 1 aromatic carbocycles. The van der Waals surface area contributed by atoms with Crippen LogP contribution in [-0.2, 0) is 11.2 Å². The molecule has 20 heavy (non-hydrogen) atoms. The maximum atomic E-state index is 11.9. The van der Waals surface area contributed by atoms with Crippen LogP contribution in [0.4, 0.5) is 5.69 Å². The van der Waals surface area contributed by atoms with E-state index in [-0.39, 0.29) is 11.5 Å². The molecule has 0 atom stereocenters. The molecule has 0 bridgehead atoms. The van der Waals surface area contributed by atoms with Crippen LogP contribution in [0.5, 0.6) is 0 Å². The number of hydrogen-bond donors (Lipinski definition) is 0. The van der Waals surface area contributed by atoms with Crippen LogP contribution in [-0.4, -0.2) is 15.7 Å². The number of Topliss-reactive ketones (excluding diaryl/α,β-unsaturated/α-hetero) is 1. The normalized spacial score (nSPS) is 10.9. The summed E-state index contributed by atoms with van der Waals surface area (Å²) in [4.78, 5) is 26.6. The molecule has 0 N–H and O–H groups in total. The molecular weight excluding hydrogens is 256 g/mol. The van der Waals surface area contributed by atoms with Gasteiger partial charge in [0.25, 0.3) is 5.69 Å². The van der Waals surface area contributed by atoms with E-state index in [9.17, 15) is 14.9 Å². The second-order valence-electron chi connectivity index (χ2n) is 5.21. The van der Waals surface area contributed by atoms with Crippen molar-refractivity contribution in [3.63, 3.8) is 0 Å². The minimum Gasteiger partial charge on any atom is -0.299 e. The van der Waals surface area contributed by atoms with Gasteiger partial charge in [0.2, 0.25) is 0 Å². The Labute approximate surface area is 116 Å². The minimum atomic E-state index is -0.449. The predicted molar refractivity (Wildman–Crippen MR) is 76.6 cm³/mol. The molecule has 0 saturated carbocycles. The second kappa shape index (κ2) is 5.77. The van der Waals surface area contributed by atoms with Gasteiger partial charge in [-0.1, -0.05) is 26.0 Å². The molecule has 2 rings (SSSR count). The van der Waals surface area contributed by atoms with E-state index in [1.807, 2.05) is 13.8 Å². The average molecular weight is 272 g/mol. The van der Waals surface area contributed by atoms with Gasteiger partial charge in [0, 0.05) is 30.5 Å². The molecule has 0 spiro atoms. The van der Waals surface area contributed by atoms with E-state index in [0.29, 0.717) is 29.7 Å². The fourth-order valence-corrected chi connectivity index (χ4v) is 2.26. The van der Waals surface area contributed by atoms with Gasteiger partial charge in [0.05, 0.1) is 4.92 Å². The largest absolute Gasteiger partial charge is 0.299 e. The molecule has 0 aliphatic heterocycles. The SMILES string of the molecule is CC(C)CC(=O)Cc1ccc([N+](=O)[O-])c2ncccc12. The molecule has 0 aliphatic rings. The van der Waals surface area contributed by atoms with Crippen LogP contribution in [0.1, 0.15) is 25.8 Å². The number of ketones is 1. The topological polar surface area (TPSA) is 73.1 Å². The zero-order chi connectivity index (χ0) is 14.7. The number of non-ortho nitro benzene ring substituents is 1. The smallest absolute Gasteiger partial charge is 0.295 e. The van der Waals surface area contributed by atoms with Gasteiger partial charge in [0.1, 0.15) is 11.3 Å². The van der Waals surface area contributed by atoms with E-state index in [2.05, 4.69) is 4.98 Å². The first kappa shape index (κ1) is 14.1. The average Bonchev–Trinajstić information content (AvgIpc) is 2.37. The number of aromatic nitrogens is 1. The molecule has 0 unspecified atom stereocenters. The fraction of sp³-hybridized carbons (Fsp3) is 0.333. The number of carbonyl (C=O) groups excluding carboxylic acids is 1. The van der Waals surface area contributed by atoms with Crippen molar-refractivity contribution in [1.29, 1.82) is 0 Å². The lowest BCUT2D eigenvalue weighted by molar-refractivity contribution is -0.383. The minimum absolute atomic E-state index is 0.0272. The molecule has 1 heterocycles. The summed E-state index contributed by atoms with van der Waals surface area (Å²) in [6, 6.07) is 6.57. The van der Waals surface area contributed by atoms with E-state index in [1.165, 1.54) is 12.3 Å². The molecular formula is C15H16N2O3. The van der Waals surface area contributed by atoms with E-state index in [1.54, 1.807) is 18.2 Å². The van der Waals surface area contributed by atoms with Crippen molar-refractivity contribution in [2.24, 2.45) is 5.92 Å². The van der Waals surface area contributed by atoms with Crippen molar-refractivity contribution < 1.29 is 9.72 Å². The molecule has 5 nitrogen and oxygen atoms in total. The highest BCUT2D eigenvalue weighted by Gasteiger charge is 2.16. The highest BCUT2D eigenvalue weighted by molar-refractivity contribution is 5.93. The third-order valence-corrected chi connectivity index (χ3v) is 3.06. The molecule has 0 radical (unpaired) electrons. The highest BCUT2D eigenvalue weighted by atomic mass is 16.6. The van der Waals surface area contributed by atoms with Crippen molar-refractivity contribution in [3.8, 4) is 0 Å². The van der Waals surface area contributed by atoms with E-state index >= 15 is 0 Å². The van der Waals surface area contributed by atoms with Gasteiger partial charge in [0.15, 0.2) is 0 Å². The lowest BCUT2D eigenvalue weighted by Gasteiger charge is -2.07. The Bertz CT molecular complexity index is 665. The summed E-state index contributed by atoms with van der Waals surface area (Å²) in [6.07, 6.45) is 2.33. The summed E-state index contributed by atoms with van der Waals surface area (Å²) >= 11 is 0. The molecule has 0 aliphatic carbocycles. The van der Waals surface area contributed by atoms with Crippen molar-refractivity contribution in [2.75, 3.05) is 0 Å². The number of hydrogen-bond acceptors (Lipinski definition) is 4. The third-order valence-electron chi connectivity index (χ3n) is 3.06. The summed E-state index contributed by atoms with van der Waals surface area (Å²) in [7, 11) is 0. The van der Waals surface area contributed by atoms with Gasteiger partial charge in [-0.05, 0) is 17.5 Å². The third kappa shape index (κ3) is 2.99. The van der Waals surface area contributed by atoms with Crippen molar-refractivity contribution >= 4 is 22.4 Å². The van der Waals surface area contributed by atoms with E-state index in [4.69, 9.17) is 0 Å². The molecule has 0 saturated heterocycles. The second-order valence-corrected chi connectivity index (χ2v) is 5.21. The monoisotopic (exact) mass is 272 g/mol. The maximum absolute atomic E-state index is 11.9. The Morgan fingerprint density at radius 1 is 1.35 bits per heavy atom. The van der Waals surface area contributed by atoms with Crippen molar-refractivity contribution in [3.05, 3.63) is 46.1 Å². The first-order valence-corrected chi connectivity index (χ1v) is 6.51. The lowest BCUT2D eigenvalue weighted by Crippen LogP contribution is -2.07. The van der Waals surface area contributed by atoms with Crippen LogP contribution in [0.25, 0.3) is 10.9 Å². The highest BCUT2D eigenvalue weighted by Crippen LogP contribution is 2.27. The van der Waals surface area contributed by atoms with Crippen LogP contribution in [0.3, 0.4) is 0 Å². The van der Waals surface area contributed by atoms with Gasteiger partial charge in [-0.2, -0.15) is 0 Å². The molecule has 1 aromatic heterocycles. The van der Waals surface area contributed by atoms with Crippen LogP contribution in [0, 0.1) is 16.0 Å². The summed E-state index contributed by atoms with van der Waals surface area (Å²) < 4.78 is 0. The number of rotatable bonds is 5. The Kier molecular flexibility index (Phi) is 4.08. The van der Waals surface area contributed by atoms with E-state index < -0.39 is 4.92 Å². The Morgan fingerprint density at radius 3 is 2.75 bits per heavy atom. The zero-order valence-corrected chi connectivity index (χ0v) is 11.5. The zero-order valence-electron chi connectivity index (χ0n) is 11.5. The van der Waals surface area contributed by atoms with Crippen LogP contribution in [0.2, 0.25) is 0 Å². The number of nitro benzene ring substituents is 1. The summed E-state index contributed by atoms with van der Waals surface area (Å²) in [5.41, 5.74) is 1.11. The van der Waals surface area contributed by atoms with Crippen LogP contribution in [0.15, 0.2) is 30.5 Å². The Balaban J connectivity index is 2.43. The quantitative estimate of drug-likeness (QED) is 0.618. The number of fused-ring (bicyclic) bond motifs is 1. The number of nitrogens with zero attached hydrogens (tertiary/aromatic N) is 2. The summed E-state index contributed by atoms with van der Waals surface area (Å²) in [5, 5.41) is 11.7. The van der Waals surface area contributed by atoms with Gasteiger partial charge in [-0.25, -0.2) is 4.98 Å². The predicted octanol–water partition coefficient (Wildman–Crippen LogP) is 3.30. The molecule has 5 heteroatoms. The number of benzene rings is 1. The number of pyridine rings is 1.